The molecule has 2 N–H and O–H groups in total. The van der Waals surface area contributed by atoms with Crippen LogP contribution in [0.15, 0.2) is 29.1 Å². The van der Waals surface area contributed by atoms with Crippen LogP contribution in [0.4, 0.5) is 11.6 Å². The number of benzene rings is 1. The third-order valence-corrected chi connectivity index (χ3v) is 3.83. The van der Waals surface area contributed by atoms with Crippen LogP contribution in [0.25, 0.3) is 0 Å². The lowest BCUT2D eigenvalue weighted by atomic mass is 9.97. The first-order valence-electron chi connectivity index (χ1n) is 7.83. The third kappa shape index (κ3) is 3.41. The molecule has 1 heterocycles. The molecular formula is C17H19N3O3. The molecule has 1 aromatic heterocycles. The number of nitrogens with one attached hydrogen (secondary N) is 2. The number of nitrogens with zero attached hydrogens (tertiary/aromatic N) is 1. The molecule has 6 heteroatoms. The van der Waals surface area contributed by atoms with Crippen LogP contribution in [0.3, 0.4) is 0 Å². The number of esters is 1. The highest BCUT2D eigenvalue weighted by Crippen LogP contribution is 2.19. The number of ether oxygens (including phenoxy) is 1. The first kappa shape index (κ1) is 15.3. The molecule has 0 radical (unpaired) electrons. The zero-order valence-electron chi connectivity index (χ0n) is 13.0. The summed E-state index contributed by atoms with van der Waals surface area (Å²) >= 11 is 0. The van der Waals surface area contributed by atoms with E-state index in [1.54, 1.807) is 25.1 Å². The molecule has 0 bridgehead atoms. The zero-order chi connectivity index (χ0) is 16.2. The summed E-state index contributed by atoms with van der Waals surface area (Å²) in [5, 5.41) is 3.06. The summed E-state index contributed by atoms with van der Waals surface area (Å²) in [6, 6.07) is 6.93. The highest BCUT2D eigenvalue weighted by molar-refractivity contribution is 5.90. The Labute approximate surface area is 133 Å². The van der Waals surface area contributed by atoms with Gasteiger partial charge in [-0.2, -0.15) is 0 Å². The molecule has 1 aromatic carbocycles. The van der Waals surface area contributed by atoms with Gasteiger partial charge in [-0.15, -0.1) is 0 Å². The van der Waals surface area contributed by atoms with Crippen LogP contribution in [0.1, 0.15) is 41.4 Å². The van der Waals surface area contributed by atoms with E-state index >= 15 is 0 Å². The second-order valence-electron chi connectivity index (χ2n) is 5.47. The van der Waals surface area contributed by atoms with Crippen LogP contribution >= 0.6 is 0 Å². The maximum Gasteiger partial charge on any atom is 0.338 e. The fourth-order valence-corrected chi connectivity index (χ4v) is 2.74. The molecule has 1 aliphatic rings. The average molecular weight is 313 g/mol. The number of H-pyrrole nitrogens is 1. The van der Waals surface area contributed by atoms with E-state index in [1.807, 2.05) is 6.07 Å². The Morgan fingerprint density at radius 3 is 3.00 bits per heavy atom. The third-order valence-electron chi connectivity index (χ3n) is 3.83. The molecule has 0 fully saturated rings. The SMILES string of the molecule is CCOC(=O)c1cccc(Nc2nc3c(c(=O)[nH]2)CCCC3)c1. The van der Waals surface area contributed by atoms with Gasteiger partial charge in [0.1, 0.15) is 0 Å². The van der Waals surface area contributed by atoms with Crippen molar-refractivity contribution in [2.45, 2.75) is 32.6 Å². The van der Waals surface area contributed by atoms with Crippen LogP contribution in [-0.4, -0.2) is 22.5 Å². The maximum atomic E-state index is 12.1. The van der Waals surface area contributed by atoms with Crippen LogP contribution in [0, 0.1) is 0 Å². The van der Waals surface area contributed by atoms with Crippen LogP contribution in [0.5, 0.6) is 0 Å². The van der Waals surface area contributed by atoms with Gasteiger partial charge in [-0.25, -0.2) is 9.78 Å². The molecule has 1 aliphatic carbocycles. The molecule has 0 saturated heterocycles. The van der Waals surface area contributed by atoms with Crippen molar-refractivity contribution in [3.63, 3.8) is 0 Å². The van der Waals surface area contributed by atoms with Gasteiger partial charge in [-0.1, -0.05) is 6.07 Å². The summed E-state index contributed by atoms with van der Waals surface area (Å²) in [5.74, 6) is 0.0275. The molecule has 0 amide bonds. The number of hydrogen-bond donors (Lipinski definition) is 2. The van der Waals surface area contributed by atoms with E-state index in [0.717, 1.165) is 36.9 Å². The predicted octanol–water partition coefficient (Wildman–Crippen LogP) is 2.57. The first-order chi connectivity index (χ1) is 11.2. The number of aromatic amines is 1. The Balaban J connectivity index is 1.85. The van der Waals surface area contributed by atoms with Crippen molar-refractivity contribution in [3.05, 3.63) is 51.4 Å². The summed E-state index contributed by atoms with van der Waals surface area (Å²) < 4.78 is 4.99. The highest BCUT2D eigenvalue weighted by Gasteiger charge is 2.15. The summed E-state index contributed by atoms with van der Waals surface area (Å²) in [6.07, 6.45) is 3.71. The second-order valence-corrected chi connectivity index (χ2v) is 5.47. The number of carbonyl (C=O) groups excluding carboxylic acids is 1. The molecule has 120 valence electrons. The lowest BCUT2D eigenvalue weighted by molar-refractivity contribution is 0.0526. The molecule has 0 atom stereocenters. The summed E-state index contributed by atoms with van der Waals surface area (Å²) in [6.45, 7) is 2.10. The van der Waals surface area contributed by atoms with Gasteiger partial charge in [0.2, 0.25) is 5.95 Å². The minimum Gasteiger partial charge on any atom is -0.462 e. The van der Waals surface area contributed by atoms with E-state index in [-0.39, 0.29) is 11.5 Å². The van der Waals surface area contributed by atoms with Crippen molar-refractivity contribution in [2.75, 3.05) is 11.9 Å². The lowest BCUT2D eigenvalue weighted by Gasteiger charge is -2.15. The zero-order valence-corrected chi connectivity index (χ0v) is 13.0. The van der Waals surface area contributed by atoms with Gasteiger partial charge in [0.05, 0.1) is 17.9 Å². The van der Waals surface area contributed by atoms with Crippen molar-refractivity contribution in [2.24, 2.45) is 0 Å². The van der Waals surface area contributed by atoms with Gasteiger partial charge in [-0.3, -0.25) is 9.78 Å². The highest BCUT2D eigenvalue weighted by atomic mass is 16.5. The maximum absolute atomic E-state index is 12.1. The number of hydrogen-bond acceptors (Lipinski definition) is 5. The van der Waals surface area contributed by atoms with Gasteiger partial charge in [0, 0.05) is 11.3 Å². The van der Waals surface area contributed by atoms with Gasteiger partial charge in [0.25, 0.3) is 5.56 Å². The van der Waals surface area contributed by atoms with E-state index in [0.29, 0.717) is 23.8 Å². The molecular weight excluding hydrogens is 294 g/mol. The Bertz CT molecular complexity index is 783. The summed E-state index contributed by atoms with van der Waals surface area (Å²) in [5.41, 5.74) is 2.71. The van der Waals surface area contributed by atoms with Crippen LogP contribution < -0.4 is 10.9 Å². The number of aryl methyl sites for hydroxylation is 1. The quantitative estimate of drug-likeness (QED) is 0.848. The van der Waals surface area contributed by atoms with Crippen LogP contribution in [-0.2, 0) is 17.6 Å². The molecule has 3 rings (SSSR count). The summed E-state index contributed by atoms with van der Waals surface area (Å²) in [4.78, 5) is 31.2. The molecule has 0 saturated carbocycles. The molecule has 2 aromatic rings. The Morgan fingerprint density at radius 2 is 2.17 bits per heavy atom. The number of rotatable bonds is 4. The van der Waals surface area contributed by atoms with Crippen molar-refractivity contribution in [3.8, 4) is 0 Å². The van der Waals surface area contributed by atoms with E-state index in [2.05, 4.69) is 15.3 Å². The minimum absolute atomic E-state index is 0.0845. The van der Waals surface area contributed by atoms with Gasteiger partial charge in [0.15, 0.2) is 0 Å². The predicted molar refractivity (Wildman–Crippen MR) is 87.2 cm³/mol. The Kier molecular flexibility index (Phi) is 4.41. The average Bonchev–Trinajstić information content (AvgIpc) is 2.55. The van der Waals surface area contributed by atoms with Crippen LogP contribution in [0.2, 0.25) is 0 Å². The number of carbonyl (C=O) groups is 1. The number of anilines is 2. The topological polar surface area (TPSA) is 84.1 Å². The first-order valence-corrected chi connectivity index (χ1v) is 7.83. The number of fused-ring (bicyclic) bond motifs is 1. The van der Waals surface area contributed by atoms with E-state index in [9.17, 15) is 9.59 Å². The second kappa shape index (κ2) is 6.64. The van der Waals surface area contributed by atoms with E-state index < -0.39 is 0 Å². The van der Waals surface area contributed by atoms with Crippen molar-refractivity contribution >= 4 is 17.6 Å². The molecule has 6 nitrogen and oxygen atoms in total. The van der Waals surface area contributed by atoms with Gasteiger partial charge < -0.3 is 10.1 Å². The Morgan fingerprint density at radius 1 is 1.35 bits per heavy atom. The monoisotopic (exact) mass is 313 g/mol. The summed E-state index contributed by atoms with van der Waals surface area (Å²) in [7, 11) is 0. The molecule has 0 aliphatic heterocycles. The molecule has 23 heavy (non-hydrogen) atoms. The van der Waals surface area contributed by atoms with Gasteiger partial charge >= 0.3 is 5.97 Å². The van der Waals surface area contributed by atoms with Crippen molar-refractivity contribution in [1.29, 1.82) is 0 Å². The van der Waals surface area contributed by atoms with Crippen molar-refractivity contribution in [1.82, 2.24) is 9.97 Å². The standard InChI is InChI=1S/C17H19N3O3/c1-2-23-16(22)11-6-5-7-12(10-11)18-17-19-14-9-4-3-8-13(14)15(21)20-17/h5-7,10H,2-4,8-9H2,1H3,(H2,18,19,20,21). The fourth-order valence-electron chi connectivity index (χ4n) is 2.74. The fraction of sp³-hybridized carbons (Fsp3) is 0.353. The largest absolute Gasteiger partial charge is 0.462 e. The number of aromatic nitrogens is 2. The van der Waals surface area contributed by atoms with E-state index in [1.165, 1.54) is 0 Å². The van der Waals surface area contributed by atoms with Gasteiger partial charge in [-0.05, 0) is 50.8 Å². The van der Waals surface area contributed by atoms with E-state index in [4.69, 9.17) is 4.74 Å². The van der Waals surface area contributed by atoms with Crippen molar-refractivity contribution < 1.29 is 9.53 Å². The normalized spacial score (nSPS) is 13.3. The molecule has 0 unspecified atom stereocenters. The lowest BCUT2D eigenvalue weighted by Crippen LogP contribution is -2.22. The molecule has 0 spiro atoms. The Hall–Kier alpha value is -2.63. The smallest absolute Gasteiger partial charge is 0.338 e. The minimum atomic E-state index is -0.372.